The van der Waals surface area contributed by atoms with E-state index >= 15 is 0 Å². The average molecular weight is 401 g/mol. The summed E-state index contributed by atoms with van der Waals surface area (Å²) in [6, 6.07) is 6.54. The number of carbonyl (C=O) groups excluding carboxylic acids is 2. The molecule has 29 heavy (non-hydrogen) atoms. The van der Waals surface area contributed by atoms with Crippen LogP contribution in [0.15, 0.2) is 33.5 Å². The molecule has 7 nitrogen and oxygen atoms in total. The largest absolute Gasteiger partial charge is 0.482 e. The average Bonchev–Trinajstić information content (AvgIpc) is 2.67. The van der Waals surface area contributed by atoms with Gasteiger partial charge < -0.3 is 19.2 Å². The van der Waals surface area contributed by atoms with Gasteiger partial charge in [0.2, 0.25) is 0 Å². The minimum atomic E-state index is -0.891. The molecule has 0 bridgehead atoms. The number of benzene rings is 1. The maximum Gasteiger partial charge on any atom is 0.344 e. The first kappa shape index (κ1) is 20.9. The number of ether oxygens (including phenoxy) is 2. The molecule has 1 fully saturated rings. The Hall–Kier alpha value is -2.83. The SMILES string of the molecule is Cc1cc(=O)oc2cc(OCC(=O)O[C@H](C)C(=O)N[C@@H]3CCCC[C@@H]3C)ccc12. The lowest BCUT2D eigenvalue weighted by Crippen LogP contribution is -2.46. The van der Waals surface area contributed by atoms with E-state index in [4.69, 9.17) is 13.9 Å². The van der Waals surface area contributed by atoms with Gasteiger partial charge in [-0.2, -0.15) is 0 Å². The molecular formula is C22H27NO6. The molecule has 1 saturated carbocycles. The lowest BCUT2D eigenvalue weighted by molar-refractivity contribution is -0.157. The highest BCUT2D eigenvalue weighted by atomic mass is 16.6. The van der Waals surface area contributed by atoms with Gasteiger partial charge in [-0.05, 0) is 50.3 Å². The van der Waals surface area contributed by atoms with Crippen LogP contribution < -0.4 is 15.7 Å². The van der Waals surface area contributed by atoms with E-state index in [1.54, 1.807) is 25.1 Å². The molecule has 1 heterocycles. The summed E-state index contributed by atoms with van der Waals surface area (Å²) in [5.41, 5.74) is 0.739. The molecule has 3 atom stereocenters. The Labute approximate surface area is 169 Å². The van der Waals surface area contributed by atoms with E-state index in [1.807, 2.05) is 6.92 Å². The van der Waals surface area contributed by atoms with Gasteiger partial charge in [0.05, 0.1) is 0 Å². The minimum Gasteiger partial charge on any atom is -0.482 e. The maximum absolute atomic E-state index is 12.3. The number of rotatable bonds is 6. The quantitative estimate of drug-likeness (QED) is 0.590. The van der Waals surface area contributed by atoms with Crippen LogP contribution in [0.3, 0.4) is 0 Å². The fourth-order valence-electron chi connectivity index (χ4n) is 3.65. The summed E-state index contributed by atoms with van der Waals surface area (Å²) in [6.07, 6.45) is 3.44. The second kappa shape index (κ2) is 9.11. The van der Waals surface area contributed by atoms with E-state index in [-0.39, 0.29) is 18.6 Å². The third kappa shape index (κ3) is 5.37. The van der Waals surface area contributed by atoms with Crippen molar-refractivity contribution in [3.8, 4) is 5.75 Å². The molecule has 1 aliphatic carbocycles. The summed E-state index contributed by atoms with van der Waals surface area (Å²) in [5.74, 6) is -0.137. The highest BCUT2D eigenvalue weighted by Crippen LogP contribution is 2.24. The third-order valence-corrected chi connectivity index (χ3v) is 5.40. The van der Waals surface area contributed by atoms with Crippen molar-refractivity contribution < 1.29 is 23.5 Å². The Bertz CT molecular complexity index is 950. The number of nitrogens with one attached hydrogen (secondary N) is 1. The molecule has 1 amide bonds. The molecule has 1 aliphatic rings. The van der Waals surface area contributed by atoms with Crippen molar-refractivity contribution in [1.82, 2.24) is 5.32 Å². The van der Waals surface area contributed by atoms with Crippen LogP contribution in [-0.4, -0.2) is 30.6 Å². The van der Waals surface area contributed by atoms with E-state index in [0.29, 0.717) is 17.3 Å². The van der Waals surface area contributed by atoms with E-state index < -0.39 is 17.7 Å². The zero-order chi connectivity index (χ0) is 21.0. The van der Waals surface area contributed by atoms with Crippen LogP contribution in [0.2, 0.25) is 0 Å². The van der Waals surface area contributed by atoms with E-state index in [1.165, 1.54) is 12.5 Å². The molecule has 1 N–H and O–H groups in total. The second-order valence-corrected chi connectivity index (χ2v) is 7.70. The summed E-state index contributed by atoms with van der Waals surface area (Å²) < 4.78 is 15.8. The fourth-order valence-corrected chi connectivity index (χ4v) is 3.65. The molecule has 0 saturated heterocycles. The molecule has 1 aromatic carbocycles. The lowest BCUT2D eigenvalue weighted by Gasteiger charge is -2.30. The smallest absolute Gasteiger partial charge is 0.344 e. The van der Waals surface area contributed by atoms with Crippen LogP contribution in [-0.2, 0) is 14.3 Å². The molecule has 0 unspecified atom stereocenters. The first-order valence-electron chi connectivity index (χ1n) is 10.0. The van der Waals surface area contributed by atoms with Gasteiger partial charge in [-0.1, -0.05) is 19.8 Å². The Morgan fingerprint density at radius 2 is 2.00 bits per heavy atom. The van der Waals surface area contributed by atoms with Gasteiger partial charge in [-0.15, -0.1) is 0 Å². The van der Waals surface area contributed by atoms with Crippen molar-refractivity contribution in [3.05, 3.63) is 40.2 Å². The van der Waals surface area contributed by atoms with Crippen LogP contribution in [0.4, 0.5) is 0 Å². The summed E-state index contributed by atoms with van der Waals surface area (Å²) in [7, 11) is 0. The van der Waals surface area contributed by atoms with Gasteiger partial charge in [-0.25, -0.2) is 9.59 Å². The first-order valence-corrected chi connectivity index (χ1v) is 10.0. The number of fused-ring (bicyclic) bond motifs is 1. The summed E-state index contributed by atoms with van der Waals surface area (Å²) in [6.45, 7) is 5.15. The normalized spacial score (nSPS) is 20.1. The number of amides is 1. The molecule has 0 aliphatic heterocycles. The van der Waals surface area contributed by atoms with E-state index in [2.05, 4.69) is 12.2 Å². The Kier molecular flexibility index (Phi) is 6.56. The van der Waals surface area contributed by atoms with Crippen LogP contribution in [0.5, 0.6) is 5.75 Å². The lowest BCUT2D eigenvalue weighted by atomic mass is 9.86. The van der Waals surface area contributed by atoms with Crippen molar-refractivity contribution in [2.75, 3.05) is 6.61 Å². The molecule has 1 aromatic heterocycles. The van der Waals surface area contributed by atoms with Gasteiger partial charge in [-0.3, -0.25) is 4.79 Å². The van der Waals surface area contributed by atoms with E-state index in [0.717, 1.165) is 30.2 Å². The maximum atomic E-state index is 12.3. The highest BCUT2D eigenvalue weighted by molar-refractivity contribution is 5.84. The number of hydrogen-bond acceptors (Lipinski definition) is 6. The summed E-state index contributed by atoms with van der Waals surface area (Å²) in [4.78, 5) is 35.9. The fraction of sp³-hybridized carbons (Fsp3) is 0.500. The predicted octanol–water partition coefficient (Wildman–Crippen LogP) is 3.11. The van der Waals surface area contributed by atoms with Gasteiger partial charge in [0.15, 0.2) is 12.7 Å². The Balaban J connectivity index is 1.52. The van der Waals surface area contributed by atoms with Crippen LogP contribution in [0, 0.1) is 12.8 Å². The monoisotopic (exact) mass is 401 g/mol. The number of hydrogen-bond donors (Lipinski definition) is 1. The molecule has 3 rings (SSSR count). The van der Waals surface area contributed by atoms with Gasteiger partial charge in [0, 0.05) is 23.6 Å². The Morgan fingerprint density at radius 3 is 2.76 bits per heavy atom. The zero-order valence-electron chi connectivity index (χ0n) is 17.0. The van der Waals surface area contributed by atoms with Crippen molar-refractivity contribution in [2.24, 2.45) is 5.92 Å². The summed E-state index contributed by atoms with van der Waals surface area (Å²) in [5, 5.41) is 3.77. The molecule has 0 spiro atoms. The zero-order valence-corrected chi connectivity index (χ0v) is 17.0. The third-order valence-electron chi connectivity index (χ3n) is 5.40. The van der Waals surface area contributed by atoms with Crippen LogP contribution >= 0.6 is 0 Å². The van der Waals surface area contributed by atoms with Crippen molar-refractivity contribution in [1.29, 1.82) is 0 Å². The van der Waals surface area contributed by atoms with Crippen LogP contribution in [0.25, 0.3) is 11.0 Å². The number of esters is 1. The van der Waals surface area contributed by atoms with Crippen LogP contribution in [0.1, 0.15) is 45.1 Å². The summed E-state index contributed by atoms with van der Waals surface area (Å²) >= 11 is 0. The number of aryl methyl sites for hydroxylation is 1. The molecule has 7 heteroatoms. The molecular weight excluding hydrogens is 374 g/mol. The topological polar surface area (TPSA) is 94.8 Å². The molecule has 156 valence electrons. The van der Waals surface area contributed by atoms with Gasteiger partial charge >= 0.3 is 11.6 Å². The van der Waals surface area contributed by atoms with Crippen molar-refractivity contribution in [3.63, 3.8) is 0 Å². The van der Waals surface area contributed by atoms with Gasteiger partial charge in [0.25, 0.3) is 5.91 Å². The van der Waals surface area contributed by atoms with Crippen molar-refractivity contribution in [2.45, 2.75) is 58.6 Å². The van der Waals surface area contributed by atoms with Gasteiger partial charge in [0.1, 0.15) is 11.3 Å². The highest BCUT2D eigenvalue weighted by Gasteiger charge is 2.26. The molecule has 0 radical (unpaired) electrons. The number of carbonyl (C=O) groups is 2. The van der Waals surface area contributed by atoms with E-state index in [9.17, 15) is 14.4 Å². The predicted molar refractivity (Wildman–Crippen MR) is 108 cm³/mol. The van der Waals surface area contributed by atoms with Crippen molar-refractivity contribution >= 4 is 22.8 Å². The Morgan fingerprint density at radius 1 is 1.24 bits per heavy atom. The minimum absolute atomic E-state index is 0.129. The first-order chi connectivity index (χ1) is 13.8. The molecule has 2 aromatic rings. The second-order valence-electron chi connectivity index (χ2n) is 7.70. The standard InChI is InChI=1S/C22H27NO6/c1-13-6-4-5-7-18(13)23-22(26)15(3)28-21(25)12-27-16-8-9-17-14(2)10-20(24)29-19(17)11-16/h8-11,13,15,18H,4-7,12H2,1-3H3,(H,23,26)/t13-,15+,18+/m0/s1.